The van der Waals surface area contributed by atoms with Crippen LogP contribution in [-0.4, -0.2) is 54.3 Å². The third-order valence-electron chi connectivity index (χ3n) is 5.80. The molecule has 1 unspecified atom stereocenters. The van der Waals surface area contributed by atoms with Gasteiger partial charge in [-0.2, -0.15) is 0 Å². The van der Waals surface area contributed by atoms with Gasteiger partial charge in [0, 0.05) is 54.7 Å². The zero-order valence-corrected chi connectivity index (χ0v) is 18.6. The summed E-state index contributed by atoms with van der Waals surface area (Å²) in [5, 5.41) is 0. The first-order valence-corrected chi connectivity index (χ1v) is 10.6. The van der Waals surface area contributed by atoms with Gasteiger partial charge in [-0.05, 0) is 37.6 Å². The number of hydrogen-bond donors (Lipinski definition) is 1. The van der Waals surface area contributed by atoms with Crippen LogP contribution < -0.4 is 19.8 Å². The monoisotopic (exact) mass is 436 g/mol. The number of hydrogen-bond acceptors (Lipinski definition) is 7. The minimum atomic E-state index is -0.146. The molecule has 0 aliphatic carbocycles. The molecular formula is C24H28N4O4. The Labute approximate surface area is 187 Å². The van der Waals surface area contributed by atoms with Crippen molar-refractivity contribution in [1.82, 2.24) is 19.9 Å². The highest BCUT2D eigenvalue weighted by molar-refractivity contribution is 5.53. The molecule has 168 valence electrons. The maximum Gasteiger partial charge on any atom is 0.251 e. The van der Waals surface area contributed by atoms with Gasteiger partial charge in [-0.3, -0.25) is 14.7 Å². The average Bonchev–Trinajstić information content (AvgIpc) is 2.84. The van der Waals surface area contributed by atoms with Crippen molar-refractivity contribution in [2.24, 2.45) is 0 Å². The van der Waals surface area contributed by atoms with Crippen LogP contribution >= 0.6 is 0 Å². The second-order valence-corrected chi connectivity index (χ2v) is 7.85. The lowest BCUT2D eigenvalue weighted by Gasteiger charge is -2.33. The highest BCUT2D eigenvalue weighted by Crippen LogP contribution is 2.36. The standard InChI is InChI=1S/C24H28N4O4/c1-30-20-12-22(32-3)21(31-2)10-18(20)15-28-9-5-7-17(14-28)19-11-23(29)27-24(26-19)16-6-4-8-25-13-16/h4,6,8,10-13,17H,5,7,9,14-15H2,1-3H3,(H,26,27,29). The number of methoxy groups -OCH3 is 3. The topological polar surface area (TPSA) is 89.6 Å². The number of aromatic amines is 1. The van der Waals surface area contributed by atoms with Crippen molar-refractivity contribution in [3.8, 4) is 28.6 Å². The Morgan fingerprint density at radius 2 is 1.88 bits per heavy atom. The second kappa shape index (κ2) is 9.82. The molecule has 32 heavy (non-hydrogen) atoms. The summed E-state index contributed by atoms with van der Waals surface area (Å²) in [5.41, 5.74) is 2.50. The molecule has 1 aliphatic rings. The highest BCUT2D eigenvalue weighted by Gasteiger charge is 2.25. The van der Waals surface area contributed by atoms with Crippen molar-refractivity contribution >= 4 is 0 Å². The van der Waals surface area contributed by atoms with Gasteiger partial charge in [0.05, 0.1) is 27.0 Å². The molecule has 8 heteroatoms. The third-order valence-corrected chi connectivity index (χ3v) is 5.80. The van der Waals surface area contributed by atoms with Crippen molar-refractivity contribution in [2.45, 2.75) is 25.3 Å². The van der Waals surface area contributed by atoms with Crippen LogP contribution in [0.15, 0.2) is 47.5 Å². The highest BCUT2D eigenvalue weighted by atomic mass is 16.5. The van der Waals surface area contributed by atoms with E-state index < -0.39 is 0 Å². The van der Waals surface area contributed by atoms with Gasteiger partial charge in [-0.25, -0.2) is 4.98 Å². The fourth-order valence-corrected chi connectivity index (χ4v) is 4.22. The van der Waals surface area contributed by atoms with E-state index in [0.717, 1.165) is 48.5 Å². The number of rotatable bonds is 7. The molecule has 3 aromatic rings. The van der Waals surface area contributed by atoms with E-state index in [1.165, 1.54) is 0 Å². The average molecular weight is 437 g/mol. The van der Waals surface area contributed by atoms with E-state index in [0.29, 0.717) is 23.9 Å². The predicted octanol–water partition coefficient (Wildman–Crippen LogP) is 3.24. The van der Waals surface area contributed by atoms with E-state index in [-0.39, 0.29) is 11.5 Å². The van der Waals surface area contributed by atoms with Gasteiger partial charge in [0.15, 0.2) is 11.5 Å². The first kappa shape index (κ1) is 21.8. The number of ether oxygens (including phenoxy) is 3. The van der Waals surface area contributed by atoms with Gasteiger partial charge in [0.25, 0.3) is 5.56 Å². The molecule has 1 atom stereocenters. The van der Waals surface area contributed by atoms with Crippen LogP contribution in [0.25, 0.3) is 11.4 Å². The molecule has 4 rings (SSSR count). The van der Waals surface area contributed by atoms with E-state index in [4.69, 9.17) is 19.2 Å². The first-order valence-electron chi connectivity index (χ1n) is 10.6. The van der Waals surface area contributed by atoms with Gasteiger partial charge >= 0.3 is 0 Å². The number of benzene rings is 1. The number of likely N-dealkylation sites (tertiary alicyclic amines) is 1. The number of H-pyrrole nitrogens is 1. The smallest absolute Gasteiger partial charge is 0.251 e. The van der Waals surface area contributed by atoms with Crippen LogP contribution in [0, 0.1) is 0 Å². The summed E-state index contributed by atoms with van der Waals surface area (Å²) < 4.78 is 16.5. The van der Waals surface area contributed by atoms with Crippen molar-refractivity contribution in [1.29, 1.82) is 0 Å². The number of nitrogens with zero attached hydrogens (tertiary/aromatic N) is 3. The molecular weight excluding hydrogens is 408 g/mol. The molecule has 1 aromatic carbocycles. The summed E-state index contributed by atoms with van der Waals surface area (Å²) in [6, 6.07) is 9.17. The van der Waals surface area contributed by atoms with Crippen LogP contribution in [0.4, 0.5) is 0 Å². The Kier molecular flexibility index (Phi) is 6.70. The lowest BCUT2D eigenvalue weighted by atomic mass is 9.94. The molecule has 0 amide bonds. The molecule has 1 saturated heterocycles. The van der Waals surface area contributed by atoms with Gasteiger partial charge < -0.3 is 19.2 Å². The summed E-state index contributed by atoms with van der Waals surface area (Å²) >= 11 is 0. The van der Waals surface area contributed by atoms with E-state index in [1.807, 2.05) is 24.3 Å². The summed E-state index contributed by atoms with van der Waals surface area (Å²) in [6.07, 6.45) is 5.42. The van der Waals surface area contributed by atoms with Gasteiger partial charge in [0.2, 0.25) is 0 Å². The van der Waals surface area contributed by atoms with Gasteiger partial charge in [-0.15, -0.1) is 0 Å². The fourth-order valence-electron chi connectivity index (χ4n) is 4.22. The predicted molar refractivity (Wildman–Crippen MR) is 121 cm³/mol. The zero-order valence-electron chi connectivity index (χ0n) is 18.6. The Bertz CT molecular complexity index is 1120. The fraction of sp³-hybridized carbons (Fsp3) is 0.375. The lowest BCUT2D eigenvalue weighted by molar-refractivity contribution is 0.196. The van der Waals surface area contributed by atoms with E-state index >= 15 is 0 Å². The number of pyridine rings is 1. The van der Waals surface area contributed by atoms with Crippen molar-refractivity contribution in [2.75, 3.05) is 34.4 Å². The summed E-state index contributed by atoms with van der Waals surface area (Å²) in [5.74, 6) is 2.80. The first-order chi connectivity index (χ1) is 15.6. The maximum atomic E-state index is 12.3. The normalized spacial score (nSPS) is 16.5. The quantitative estimate of drug-likeness (QED) is 0.608. The Hall–Kier alpha value is -3.39. The molecule has 3 heterocycles. The molecule has 2 aromatic heterocycles. The van der Waals surface area contributed by atoms with Crippen LogP contribution in [0.2, 0.25) is 0 Å². The largest absolute Gasteiger partial charge is 0.496 e. The number of piperidine rings is 1. The van der Waals surface area contributed by atoms with E-state index in [9.17, 15) is 4.79 Å². The van der Waals surface area contributed by atoms with Crippen LogP contribution in [0.5, 0.6) is 17.2 Å². The maximum absolute atomic E-state index is 12.3. The molecule has 0 spiro atoms. The molecule has 1 aliphatic heterocycles. The van der Waals surface area contributed by atoms with E-state index in [1.54, 1.807) is 39.8 Å². The van der Waals surface area contributed by atoms with Crippen LogP contribution in [0.1, 0.15) is 30.0 Å². The Balaban J connectivity index is 1.56. The summed E-state index contributed by atoms with van der Waals surface area (Å²) in [4.78, 5) is 26.4. The van der Waals surface area contributed by atoms with Gasteiger partial charge in [0.1, 0.15) is 11.6 Å². The third kappa shape index (κ3) is 4.75. The molecule has 0 saturated carbocycles. The summed E-state index contributed by atoms with van der Waals surface area (Å²) in [7, 11) is 4.90. The Morgan fingerprint density at radius 3 is 2.59 bits per heavy atom. The minimum absolute atomic E-state index is 0.146. The zero-order chi connectivity index (χ0) is 22.5. The SMILES string of the molecule is COc1cc(OC)c(OC)cc1CN1CCCC(c2cc(=O)[nH]c(-c3cccnc3)n2)C1. The number of nitrogens with one attached hydrogen (secondary N) is 1. The van der Waals surface area contributed by atoms with Crippen LogP contribution in [-0.2, 0) is 6.54 Å². The number of aromatic nitrogens is 3. The second-order valence-electron chi connectivity index (χ2n) is 7.85. The molecule has 1 N–H and O–H groups in total. The Morgan fingerprint density at radius 1 is 1.09 bits per heavy atom. The van der Waals surface area contributed by atoms with Crippen LogP contribution in [0.3, 0.4) is 0 Å². The minimum Gasteiger partial charge on any atom is -0.496 e. The van der Waals surface area contributed by atoms with Crippen molar-refractivity contribution in [3.63, 3.8) is 0 Å². The molecule has 0 bridgehead atoms. The van der Waals surface area contributed by atoms with Crippen molar-refractivity contribution < 1.29 is 14.2 Å². The van der Waals surface area contributed by atoms with Gasteiger partial charge in [-0.1, -0.05) is 0 Å². The lowest BCUT2D eigenvalue weighted by Crippen LogP contribution is -2.34. The van der Waals surface area contributed by atoms with E-state index in [2.05, 4.69) is 14.9 Å². The van der Waals surface area contributed by atoms with Crippen molar-refractivity contribution in [3.05, 3.63) is 64.3 Å². The molecule has 8 nitrogen and oxygen atoms in total. The molecule has 1 fully saturated rings. The summed E-state index contributed by atoms with van der Waals surface area (Å²) in [6.45, 7) is 2.48. The molecule has 0 radical (unpaired) electrons.